The van der Waals surface area contributed by atoms with Crippen LogP contribution in [0.2, 0.25) is 0 Å². The van der Waals surface area contributed by atoms with Crippen molar-refractivity contribution in [3.63, 3.8) is 0 Å². The van der Waals surface area contributed by atoms with Crippen LogP contribution >= 0.6 is 22.7 Å². The minimum absolute atomic E-state index is 0.117. The molecular formula is C18H14FN3OS2. The van der Waals surface area contributed by atoms with Gasteiger partial charge in [0.25, 0.3) is 0 Å². The Kier molecular flexibility index (Phi) is 4.33. The van der Waals surface area contributed by atoms with E-state index in [2.05, 4.69) is 10.3 Å². The molecule has 0 spiro atoms. The average Bonchev–Trinajstić information content (AvgIpc) is 3.31. The standard InChI is InChI=1S/C18H14FN3OS2/c19-13-5-3-12(4-6-13)17(15-2-1-8-24-15)21-16(23)10-14-11-22-7-9-25-18(22)20-14/h1-9,11,17H,10H2,(H,21,23)/t17-/m0/s1. The Balaban J connectivity index is 1.54. The normalized spacial score (nSPS) is 12.4. The molecule has 0 bridgehead atoms. The second-order valence-corrected chi connectivity index (χ2v) is 7.42. The van der Waals surface area contributed by atoms with Gasteiger partial charge in [-0.25, -0.2) is 9.37 Å². The third-order valence-electron chi connectivity index (χ3n) is 3.82. The van der Waals surface area contributed by atoms with Crippen LogP contribution in [0, 0.1) is 5.82 Å². The number of imidazole rings is 1. The highest BCUT2D eigenvalue weighted by molar-refractivity contribution is 7.15. The molecule has 0 aliphatic carbocycles. The zero-order valence-corrected chi connectivity index (χ0v) is 14.7. The van der Waals surface area contributed by atoms with Gasteiger partial charge in [-0.3, -0.25) is 9.20 Å². The summed E-state index contributed by atoms with van der Waals surface area (Å²) in [5, 5.41) is 6.96. The molecule has 4 aromatic rings. The van der Waals surface area contributed by atoms with Gasteiger partial charge in [-0.1, -0.05) is 18.2 Å². The molecule has 1 aromatic carbocycles. The summed E-state index contributed by atoms with van der Waals surface area (Å²) in [6, 6.07) is 9.82. The molecule has 0 saturated carbocycles. The van der Waals surface area contributed by atoms with E-state index in [1.807, 2.05) is 39.7 Å². The fraction of sp³-hybridized carbons (Fsp3) is 0.111. The average molecular weight is 371 g/mol. The Morgan fingerprint density at radius 1 is 1.20 bits per heavy atom. The van der Waals surface area contributed by atoms with E-state index in [0.717, 1.165) is 21.1 Å². The van der Waals surface area contributed by atoms with E-state index in [4.69, 9.17) is 0 Å². The van der Waals surface area contributed by atoms with Crippen molar-refractivity contribution in [2.45, 2.75) is 12.5 Å². The fourth-order valence-electron chi connectivity index (χ4n) is 2.67. The van der Waals surface area contributed by atoms with E-state index in [1.54, 1.807) is 23.5 Å². The van der Waals surface area contributed by atoms with Crippen molar-refractivity contribution < 1.29 is 9.18 Å². The maximum Gasteiger partial charge on any atom is 0.226 e. The van der Waals surface area contributed by atoms with Crippen molar-refractivity contribution in [2.24, 2.45) is 0 Å². The van der Waals surface area contributed by atoms with Crippen molar-refractivity contribution >= 4 is 33.5 Å². The second kappa shape index (κ2) is 6.78. The number of hydrogen-bond acceptors (Lipinski definition) is 4. The van der Waals surface area contributed by atoms with Crippen LogP contribution in [0.25, 0.3) is 4.96 Å². The quantitative estimate of drug-likeness (QED) is 0.575. The Morgan fingerprint density at radius 2 is 2.04 bits per heavy atom. The number of benzene rings is 1. The van der Waals surface area contributed by atoms with Gasteiger partial charge in [-0.15, -0.1) is 22.7 Å². The third kappa shape index (κ3) is 3.47. The molecule has 0 aliphatic rings. The highest BCUT2D eigenvalue weighted by Gasteiger charge is 2.19. The Labute approximate surface area is 151 Å². The summed E-state index contributed by atoms with van der Waals surface area (Å²) >= 11 is 3.09. The van der Waals surface area contributed by atoms with Crippen LogP contribution in [-0.4, -0.2) is 15.3 Å². The summed E-state index contributed by atoms with van der Waals surface area (Å²) in [6.45, 7) is 0. The summed E-state index contributed by atoms with van der Waals surface area (Å²) < 4.78 is 15.1. The van der Waals surface area contributed by atoms with E-state index in [0.29, 0.717) is 0 Å². The van der Waals surface area contributed by atoms with Crippen LogP contribution in [-0.2, 0) is 11.2 Å². The lowest BCUT2D eigenvalue weighted by Crippen LogP contribution is -2.30. The zero-order valence-electron chi connectivity index (χ0n) is 13.1. The van der Waals surface area contributed by atoms with E-state index in [-0.39, 0.29) is 24.2 Å². The van der Waals surface area contributed by atoms with Gasteiger partial charge in [-0.05, 0) is 29.1 Å². The summed E-state index contributed by atoms with van der Waals surface area (Å²) in [4.78, 5) is 18.8. The number of halogens is 1. The molecule has 1 N–H and O–H groups in total. The molecule has 0 aliphatic heterocycles. The number of carbonyl (C=O) groups excluding carboxylic acids is 1. The van der Waals surface area contributed by atoms with Gasteiger partial charge in [0.2, 0.25) is 5.91 Å². The van der Waals surface area contributed by atoms with Crippen molar-refractivity contribution in [1.82, 2.24) is 14.7 Å². The number of thiophene rings is 1. The number of aromatic nitrogens is 2. The predicted octanol–water partition coefficient (Wildman–Crippen LogP) is 4.04. The molecule has 3 heterocycles. The molecule has 0 radical (unpaired) electrons. The maximum absolute atomic E-state index is 13.2. The van der Waals surface area contributed by atoms with Crippen molar-refractivity contribution in [1.29, 1.82) is 0 Å². The lowest BCUT2D eigenvalue weighted by atomic mass is 10.0. The van der Waals surface area contributed by atoms with Crippen LogP contribution in [0.3, 0.4) is 0 Å². The van der Waals surface area contributed by atoms with Gasteiger partial charge in [-0.2, -0.15) is 0 Å². The largest absolute Gasteiger partial charge is 0.344 e. The fourth-order valence-corrected chi connectivity index (χ4v) is 4.19. The number of carbonyl (C=O) groups is 1. The van der Waals surface area contributed by atoms with Gasteiger partial charge >= 0.3 is 0 Å². The molecule has 1 amide bonds. The molecular weight excluding hydrogens is 357 g/mol. The van der Waals surface area contributed by atoms with E-state index >= 15 is 0 Å². The zero-order chi connectivity index (χ0) is 17.2. The first-order valence-corrected chi connectivity index (χ1v) is 9.44. The highest BCUT2D eigenvalue weighted by Crippen LogP contribution is 2.26. The van der Waals surface area contributed by atoms with Crippen molar-refractivity contribution in [3.05, 3.63) is 81.5 Å². The van der Waals surface area contributed by atoms with E-state index < -0.39 is 0 Å². The van der Waals surface area contributed by atoms with Crippen LogP contribution in [0.5, 0.6) is 0 Å². The summed E-state index contributed by atoms with van der Waals surface area (Å²) in [7, 11) is 0. The smallest absolute Gasteiger partial charge is 0.226 e. The van der Waals surface area contributed by atoms with Gasteiger partial charge in [0.05, 0.1) is 18.2 Å². The highest BCUT2D eigenvalue weighted by atomic mass is 32.1. The monoisotopic (exact) mass is 371 g/mol. The van der Waals surface area contributed by atoms with Gasteiger partial charge < -0.3 is 5.32 Å². The molecule has 0 saturated heterocycles. The van der Waals surface area contributed by atoms with E-state index in [1.165, 1.54) is 23.5 Å². The number of nitrogens with one attached hydrogen (secondary N) is 1. The van der Waals surface area contributed by atoms with E-state index in [9.17, 15) is 9.18 Å². The lowest BCUT2D eigenvalue weighted by molar-refractivity contribution is -0.121. The molecule has 1 atom stereocenters. The van der Waals surface area contributed by atoms with Crippen molar-refractivity contribution in [2.75, 3.05) is 0 Å². The SMILES string of the molecule is O=C(Cc1cn2ccsc2n1)N[C@@H](c1ccc(F)cc1)c1cccs1. The number of fused-ring (bicyclic) bond motifs is 1. The molecule has 0 unspecified atom stereocenters. The summed E-state index contributed by atoms with van der Waals surface area (Å²) in [6.07, 6.45) is 3.99. The van der Waals surface area contributed by atoms with Crippen molar-refractivity contribution in [3.8, 4) is 0 Å². The number of hydrogen-bond donors (Lipinski definition) is 1. The maximum atomic E-state index is 13.2. The molecule has 126 valence electrons. The Morgan fingerprint density at radius 3 is 2.76 bits per heavy atom. The topological polar surface area (TPSA) is 46.4 Å². The molecule has 4 rings (SSSR count). The predicted molar refractivity (Wildman–Crippen MR) is 97.5 cm³/mol. The molecule has 25 heavy (non-hydrogen) atoms. The third-order valence-corrected chi connectivity index (χ3v) is 5.53. The second-order valence-electron chi connectivity index (χ2n) is 5.57. The minimum Gasteiger partial charge on any atom is -0.344 e. The van der Waals surface area contributed by atoms with Gasteiger partial charge in [0.1, 0.15) is 5.82 Å². The van der Waals surface area contributed by atoms with Gasteiger partial charge in [0, 0.05) is 22.7 Å². The first-order valence-electron chi connectivity index (χ1n) is 7.68. The number of amides is 1. The minimum atomic E-state index is -0.295. The van der Waals surface area contributed by atoms with Crippen LogP contribution in [0.4, 0.5) is 4.39 Å². The van der Waals surface area contributed by atoms with Crippen LogP contribution in [0.1, 0.15) is 22.2 Å². The molecule has 4 nitrogen and oxygen atoms in total. The van der Waals surface area contributed by atoms with Crippen LogP contribution < -0.4 is 5.32 Å². The molecule has 7 heteroatoms. The summed E-state index contributed by atoms with van der Waals surface area (Å²) in [5.74, 6) is -0.411. The first kappa shape index (κ1) is 16.0. The lowest BCUT2D eigenvalue weighted by Gasteiger charge is -2.18. The number of nitrogens with zero attached hydrogens (tertiary/aromatic N) is 2. The number of rotatable bonds is 5. The summed E-state index contributed by atoms with van der Waals surface area (Å²) in [5.41, 5.74) is 1.58. The number of thiazole rings is 1. The molecule has 0 fully saturated rings. The molecule has 3 aromatic heterocycles. The Bertz CT molecular complexity index is 961. The first-order chi connectivity index (χ1) is 12.2. The van der Waals surface area contributed by atoms with Gasteiger partial charge in [0.15, 0.2) is 4.96 Å². The Hall–Kier alpha value is -2.51. The van der Waals surface area contributed by atoms with Crippen LogP contribution in [0.15, 0.2) is 59.6 Å².